The molecule has 0 radical (unpaired) electrons. The second kappa shape index (κ2) is 7.70. The number of benzene rings is 1. The highest BCUT2D eigenvalue weighted by Crippen LogP contribution is 2.24. The number of sulfonamides is 1. The predicted octanol–water partition coefficient (Wildman–Crippen LogP) is 2.33. The smallest absolute Gasteiger partial charge is 0.240 e. The zero-order chi connectivity index (χ0) is 18.1. The second-order valence-corrected chi connectivity index (χ2v) is 9.16. The van der Waals surface area contributed by atoms with Crippen LogP contribution in [-0.2, 0) is 10.0 Å². The Bertz CT molecular complexity index is 693. The van der Waals surface area contributed by atoms with E-state index in [4.69, 9.17) is 11.6 Å². The molecule has 1 heterocycles. The van der Waals surface area contributed by atoms with Crippen LogP contribution >= 0.6 is 11.6 Å². The lowest BCUT2D eigenvalue weighted by Crippen LogP contribution is -2.41. The van der Waals surface area contributed by atoms with Crippen molar-refractivity contribution in [2.45, 2.75) is 51.2 Å². The fraction of sp³-hybridized carbons (Fsp3) is 0.647. The molecule has 24 heavy (non-hydrogen) atoms. The van der Waals surface area contributed by atoms with Gasteiger partial charge in [0.2, 0.25) is 10.0 Å². The minimum absolute atomic E-state index is 0.00104. The van der Waals surface area contributed by atoms with Crippen molar-refractivity contribution in [1.82, 2.24) is 9.62 Å². The fourth-order valence-corrected chi connectivity index (χ4v) is 4.90. The predicted molar refractivity (Wildman–Crippen MR) is 96.9 cm³/mol. The number of aliphatic hydroxyl groups excluding tert-OH is 1. The molecule has 2 unspecified atom stereocenters. The van der Waals surface area contributed by atoms with Crippen LogP contribution in [0.3, 0.4) is 0 Å². The number of halogens is 1. The Hall–Kier alpha value is -0.660. The molecule has 1 aromatic carbocycles. The molecule has 136 valence electrons. The van der Waals surface area contributed by atoms with Gasteiger partial charge in [0.1, 0.15) is 0 Å². The Labute approximate surface area is 150 Å². The lowest BCUT2D eigenvalue weighted by atomic mass is 10.1. The largest absolute Gasteiger partial charge is 0.390 e. The van der Waals surface area contributed by atoms with E-state index in [2.05, 4.69) is 23.5 Å². The molecule has 0 amide bonds. The van der Waals surface area contributed by atoms with Crippen LogP contribution in [-0.4, -0.2) is 50.2 Å². The van der Waals surface area contributed by atoms with E-state index in [1.165, 1.54) is 0 Å². The molecule has 0 aliphatic carbocycles. The van der Waals surface area contributed by atoms with Gasteiger partial charge in [-0.1, -0.05) is 18.5 Å². The summed E-state index contributed by atoms with van der Waals surface area (Å²) in [6, 6.07) is 3.64. The number of β-amino-alcohol motifs (C(OH)–C–C–N with tert-alkyl or cyclic N) is 1. The lowest BCUT2D eigenvalue weighted by Gasteiger charge is -2.24. The highest BCUT2D eigenvalue weighted by atomic mass is 35.5. The summed E-state index contributed by atoms with van der Waals surface area (Å²) in [5, 5.41) is 10.7. The zero-order valence-corrected chi connectivity index (χ0v) is 16.3. The van der Waals surface area contributed by atoms with Crippen molar-refractivity contribution in [2.24, 2.45) is 5.92 Å². The molecule has 5 nitrogen and oxygen atoms in total. The maximum atomic E-state index is 12.5. The molecule has 1 aliphatic rings. The molecule has 0 bridgehead atoms. The highest BCUT2D eigenvalue weighted by molar-refractivity contribution is 7.89. The summed E-state index contributed by atoms with van der Waals surface area (Å²) in [6.45, 7) is 9.24. The number of likely N-dealkylation sites (tertiary alicyclic amines) is 1. The zero-order valence-electron chi connectivity index (χ0n) is 14.7. The van der Waals surface area contributed by atoms with Gasteiger partial charge in [0.15, 0.2) is 0 Å². The van der Waals surface area contributed by atoms with Crippen molar-refractivity contribution in [3.63, 3.8) is 0 Å². The maximum absolute atomic E-state index is 12.5. The van der Waals surface area contributed by atoms with Gasteiger partial charge in [0, 0.05) is 30.7 Å². The summed E-state index contributed by atoms with van der Waals surface area (Å²) in [5.41, 5.74) is 1.30. The Morgan fingerprint density at radius 3 is 2.58 bits per heavy atom. The standard InChI is InChI=1S/C17H27ClN2O3S/c1-11-5-14(4)20(9-11)10-15(21)8-19-24(22,23)17-7-12(2)16(18)6-13(17)3/h6-7,11,14-15,19,21H,5,8-10H2,1-4H3/t11?,14?,15-/m0/s1. The van der Waals surface area contributed by atoms with Crippen molar-refractivity contribution in [1.29, 1.82) is 0 Å². The van der Waals surface area contributed by atoms with E-state index in [0.717, 1.165) is 13.0 Å². The molecule has 7 heteroatoms. The van der Waals surface area contributed by atoms with Crippen molar-refractivity contribution in [2.75, 3.05) is 19.6 Å². The van der Waals surface area contributed by atoms with Crippen LogP contribution in [0.2, 0.25) is 5.02 Å². The number of aliphatic hydroxyl groups is 1. The van der Waals surface area contributed by atoms with Crippen LogP contribution in [0.5, 0.6) is 0 Å². The molecule has 2 N–H and O–H groups in total. The Kier molecular flexibility index (Phi) is 6.31. The SMILES string of the molecule is Cc1cc(S(=O)(=O)NC[C@H](O)CN2CC(C)CC2C)c(C)cc1Cl. The summed E-state index contributed by atoms with van der Waals surface area (Å²) in [6.07, 6.45) is 0.378. The first-order valence-electron chi connectivity index (χ1n) is 8.28. The summed E-state index contributed by atoms with van der Waals surface area (Å²) in [7, 11) is -3.67. The van der Waals surface area contributed by atoms with Gasteiger partial charge >= 0.3 is 0 Å². The van der Waals surface area contributed by atoms with E-state index in [1.807, 2.05) is 0 Å². The highest BCUT2D eigenvalue weighted by Gasteiger charge is 2.28. The van der Waals surface area contributed by atoms with Gasteiger partial charge < -0.3 is 5.11 Å². The molecule has 1 saturated heterocycles. The van der Waals surface area contributed by atoms with Gasteiger partial charge in [-0.05, 0) is 56.4 Å². The van der Waals surface area contributed by atoms with Crippen LogP contribution in [0.4, 0.5) is 0 Å². The molecule has 3 atom stereocenters. The van der Waals surface area contributed by atoms with Crippen molar-refractivity contribution < 1.29 is 13.5 Å². The van der Waals surface area contributed by atoms with Crippen LogP contribution in [0.1, 0.15) is 31.4 Å². The van der Waals surface area contributed by atoms with Gasteiger partial charge in [0.25, 0.3) is 0 Å². The van der Waals surface area contributed by atoms with Crippen molar-refractivity contribution in [3.05, 3.63) is 28.3 Å². The topological polar surface area (TPSA) is 69.6 Å². The summed E-state index contributed by atoms with van der Waals surface area (Å²) < 4.78 is 27.5. The lowest BCUT2D eigenvalue weighted by molar-refractivity contribution is 0.111. The van der Waals surface area contributed by atoms with E-state index in [1.54, 1.807) is 26.0 Å². The minimum atomic E-state index is -3.67. The van der Waals surface area contributed by atoms with Crippen LogP contribution in [0.25, 0.3) is 0 Å². The van der Waals surface area contributed by atoms with Crippen LogP contribution in [0.15, 0.2) is 17.0 Å². The van der Waals surface area contributed by atoms with Gasteiger partial charge in [-0.25, -0.2) is 13.1 Å². The maximum Gasteiger partial charge on any atom is 0.240 e. The number of aryl methyl sites for hydroxylation is 2. The van der Waals surface area contributed by atoms with E-state index < -0.39 is 16.1 Å². The molecule has 0 spiro atoms. The quantitative estimate of drug-likeness (QED) is 0.801. The average molecular weight is 375 g/mol. The second-order valence-electron chi connectivity index (χ2n) is 7.02. The first-order chi connectivity index (χ1) is 11.1. The molecule has 1 aromatic rings. The molecule has 1 fully saturated rings. The summed E-state index contributed by atoms with van der Waals surface area (Å²) in [4.78, 5) is 2.42. The van der Waals surface area contributed by atoms with Gasteiger partial charge in [-0.3, -0.25) is 4.90 Å². The Morgan fingerprint density at radius 1 is 1.33 bits per heavy atom. The minimum Gasteiger partial charge on any atom is -0.390 e. The number of hydrogen-bond donors (Lipinski definition) is 2. The summed E-state index contributed by atoms with van der Waals surface area (Å²) >= 11 is 6.02. The van der Waals surface area contributed by atoms with Crippen LogP contribution in [0, 0.1) is 19.8 Å². The Morgan fingerprint density at radius 2 is 2.00 bits per heavy atom. The van der Waals surface area contributed by atoms with E-state index in [9.17, 15) is 13.5 Å². The van der Waals surface area contributed by atoms with Crippen molar-refractivity contribution in [3.8, 4) is 0 Å². The molecule has 1 aliphatic heterocycles. The van der Waals surface area contributed by atoms with E-state index in [0.29, 0.717) is 34.7 Å². The third-order valence-corrected chi connectivity index (χ3v) is 6.59. The fourth-order valence-electron chi connectivity index (χ4n) is 3.30. The monoisotopic (exact) mass is 374 g/mol. The molecular formula is C17H27ClN2O3S. The number of nitrogens with zero attached hydrogens (tertiary/aromatic N) is 1. The van der Waals surface area contributed by atoms with Crippen LogP contribution < -0.4 is 4.72 Å². The third kappa shape index (κ3) is 4.70. The number of rotatable bonds is 6. The normalized spacial score (nSPS) is 23.6. The number of hydrogen-bond acceptors (Lipinski definition) is 4. The Balaban J connectivity index is 1.99. The molecule has 0 saturated carbocycles. The molecular weight excluding hydrogens is 348 g/mol. The first kappa shape index (κ1) is 19.7. The average Bonchev–Trinajstić information content (AvgIpc) is 2.78. The molecule has 2 rings (SSSR count). The third-order valence-electron chi connectivity index (χ3n) is 4.61. The van der Waals surface area contributed by atoms with E-state index >= 15 is 0 Å². The summed E-state index contributed by atoms with van der Waals surface area (Å²) in [5.74, 6) is 0.614. The first-order valence-corrected chi connectivity index (χ1v) is 10.1. The number of nitrogens with one attached hydrogen (secondary N) is 1. The van der Waals surface area contributed by atoms with E-state index in [-0.39, 0.29) is 11.4 Å². The van der Waals surface area contributed by atoms with Gasteiger partial charge in [-0.2, -0.15) is 0 Å². The van der Waals surface area contributed by atoms with Gasteiger partial charge in [0.05, 0.1) is 11.0 Å². The van der Waals surface area contributed by atoms with Crippen molar-refractivity contribution >= 4 is 21.6 Å². The molecule has 0 aromatic heterocycles. The van der Waals surface area contributed by atoms with Gasteiger partial charge in [-0.15, -0.1) is 0 Å².